The van der Waals surface area contributed by atoms with Gasteiger partial charge in [-0.1, -0.05) is 6.92 Å². The fourth-order valence-electron chi connectivity index (χ4n) is 2.39. The standard InChI is InChI=1S/C13H21ClN6O/c1-3-7-16-12-17-11(14)18-13(19-12)20-8-5-4-6-9(20)10(21)15-2/h9H,3-8H2,1-2H3,(H,15,21)(H,16,17,18,19). The molecular formula is C13H21ClN6O. The SMILES string of the molecule is CCCNc1nc(Cl)nc(N2CCCCC2C(=O)NC)n1. The van der Waals surface area contributed by atoms with Crippen molar-refractivity contribution in [1.82, 2.24) is 20.3 Å². The number of halogens is 1. The van der Waals surface area contributed by atoms with Crippen LogP contribution in [0.3, 0.4) is 0 Å². The largest absolute Gasteiger partial charge is 0.357 e. The van der Waals surface area contributed by atoms with E-state index in [9.17, 15) is 4.79 Å². The number of anilines is 2. The van der Waals surface area contributed by atoms with Crippen LogP contribution >= 0.6 is 11.6 Å². The predicted molar refractivity (Wildman–Crippen MR) is 82.7 cm³/mol. The van der Waals surface area contributed by atoms with Gasteiger partial charge in [0.05, 0.1) is 0 Å². The van der Waals surface area contributed by atoms with Gasteiger partial charge in [0.1, 0.15) is 6.04 Å². The molecule has 1 fully saturated rings. The van der Waals surface area contributed by atoms with Crippen molar-refractivity contribution in [3.63, 3.8) is 0 Å². The van der Waals surface area contributed by atoms with Gasteiger partial charge in [0, 0.05) is 20.1 Å². The van der Waals surface area contributed by atoms with E-state index in [1.54, 1.807) is 7.05 Å². The van der Waals surface area contributed by atoms with Gasteiger partial charge in [-0.05, 0) is 37.3 Å². The topological polar surface area (TPSA) is 83.0 Å². The summed E-state index contributed by atoms with van der Waals surface area (Å²) in [5, 5.41) is 5.94. The average Bonchev–Trinajstić information content (AvgIpc) is 2.51. The maximum atomic E-state index is 12.0. The Morgan fingerprint density at radius 3 is 2.90 bits per heavy atom. The van der Waals surface area contributed by atoms with E-state index in [0.29, 0.717) is 11.9 Å². The highest BCUT2D eigenvalue weighted by Crippen LogP contribution is 2.23. The zero-order chi connectivity index (χ0) is 15.2. The second kappa shape index (κ2) is 7.40. The summed E-state index contributed by atoms with van der Waals surface area (Å²) in [7, 11) is 1.64. The molecule has 2 heterocycles. The Bertz CT molecular complexity index is 498. The molecule has 1 atom stereocenters. The number of nitrogens with one attached hydrogen (secondary N) is 2. The van der Waals surface area contributed by atoms with Crippen LogP contribution in [0, 0.1) is 0 Å². The van der Waals surface area contributed by atoms with Crippen molar-refractivity contribution in [2.24, 2.45) is 0 Å². The van der Waals surface area contributed by atoms with Crippen LogP contribution < -0.4 is 15.5 Å². The normalized spacial score (nSPS) is 18.4. The third kappa shape index (κ3) is 3.93. The first-order valence-electron chi connectivity index (χ1n) is 7.29. The number of piperidine rings is 1. The van der Waals surface area contributed by atoms with Crippen LogP contribution in [0.4, 0.5) is 11.9 Å². The third-order valence-electron chi connectivity index (χ3n) is 3.44. The summed E-state index contributed by atoms with van der Waals surface area (Å²) in [6.07, 6.45) is 3.78. The lowest BCUT2D eigenvalue weighted by atomic mass is 10.0. The number of carbonyl (C=O) groups excluding carboxylic acids is 1. The molecule has 8 heteroatoms. The molecule has 116 valence electrons. The Hall–Kier alpha value is -1.63. The minimum absolute atomic E-state index is 0.0192. The van der Waals surface area contributed by atoms with E-state index in [2.05, 4.69) is 32.5 Å². The number of hydrogen-bond donors (Lipinski definition) is 2. The molecule has 0 radical (unpaired) electrons. The van der Waals surface area contributed by atoms with E-state index in [1.165, 1.54) is 0 Å². The molecule has 1 aliphatic rings. The Labute approximate surface area is 129 Å². The molecule has 1 aromatic rings. The summed E-state index contributed by atoms with van der Waals surface area (Å²) in [5.74, 6) is 0.893. The molecule has 1 aliphatic heterocycles. The van der Waals surface area contributed by atoms with Gasteiger partial charge in [0.2, 0.25) is 23.1 Å². The molecule has 1 saturated heterocycles. The fourth-order valence-corrected chi connectivity index (χ4v) is 2.55. The van der Waals surface area contributed by atoms with Gasteiger partial charge in [-0.25, -0.2) is 0 Å². The molecular weight excluding hydrogens is 292 g/mol. The summed E-state index contributed by atoms with van der Waals surface area (Å²) < 4.78 is 0. The molecule has 0 aliphatic carbocycles. The lowest BCUT2D eigenvalue weighted by Crippen LogP contribution is -2.49. The summed E-state index contributed by atoms with van der Waals surface area (Å²) in [4.78, 5) is 26.6. The average molecular weight is 313 g/mol. The predicted octanol–water partition coefficient (Wildman–Crippen LogP) is 1.45. The second-order valence-corrected chi connectivity index (χ2v) is 5.31. The van der Waals surface area contributed by atoms with Crippen molar-refractivity contribution in [2.45, 2.75) is 38.6 Å². The van der Waals surface area contributed by atoms with Crippen LogP contribution in [0.25, 0.3) is 0 Å². The number of likely N-dealkylation sites (N-methyl/N-ethyl adjacent to an activating group) is 1. The van der Waals surface area contributed by atoms with Gasteiger partial charge in [0.25, 0.3) is 0 Å². The Kier molecular flexibility index (Phi) is 5.55. The summed E-state index contributed by atoms with van der Waals surface area (Å²) in [6, 6.07) is -0.249. The smallest absolute Gasteiger partial charge is 0.242 e. The highest BCUT2D eigenvalue weighted by atomic mass is 35.5. The van der Waals surface area contributed by atoms with Gasteiger partial charge >= 0.3 is 0 Å². The molecule has 2 rings (SSSR count). The van der Waals surface area contributed by atoms with Crippen LogP contribution in [0.2, 0.25) is 5.28 Å². The first-order valence-corrected chi connectivity index (χ1v) is 7.67. The van der Waals surface area contributed by atoms with E-state index >= 15 is 0 Å². The molecule has 1 unspecified atom stereocenters. The molecule has 0 bridgehead atoms. The lowest BCUT2D eigenvalue weighted by Gasteiger charge is -2.34. The molecule has 0 saturated carbocycles. The number of amides is 1. The molecule has 2 N–H and O–H groups in total. The van der Waals surface area contributed by atoms with Crippen molar-refractivity contribution < 1.29 is 4.79 Å². The van der Waals surface area contributed by atoms with Gasteiger partial charge in [0.15, 0.2) is 0 Å². The first-order chi connectivity index (χ1) is 10.2. The quantitative estimate of drug-likeness (QED) is 0.856. The van der Waals surface area contributed by atoms with E-state index in [4.69, 9.17) is 11.6 Å². The number of aromatic nitrogens is 3. The molecule has 1 amide bonds. The minimum atomic E-state index is -0.249. The van der Waals surface area contributed by atoms with Crippen LogP contribution in [0.5, 0.6) is 0 Å². The second-order valence-electron chi connectivity index (χ2n) is 4.97. The number of hydrogen-bond acceptors (Lipinski definition) is 6. The van der Waals surface area contributed by atoms with Gasteiger partial charge in [-0.15, -0.1) is 0 Å². The molecule has 7 nitrogen and oxygen atoms in total. The van der Waals surface area contributed by atoms with E-state index in [-0.39, 0.29) is 17.2 Å². The van der Waals surface area contributed by atoms with Crippen LogP contribution in [-0.4, -0.2) is 47.0 Å². The van der Waals surface area contributed by atoms with Crippen molar-refractivity contribution in [3.05, 3.63) is 5.28 Å². The highest BCUT2D eigenvalue weighted by Gasteiger charge is 2.30. The maximum absolute atomic E-state index is 12.0. The number of rotatable bonds is 5. The summed E-state index contributed by atoms with van der Waals surface area (Å²) >= 11 is 5.98. The highest BCUT2D eigenvalue weighted by molar-refractivity contribution is 6.28. The summed E-state index contributed by atoms with van der Waals surface area (Å²) in [6.45, 7) is 3.56. The number of carbonyl (C=O) groups is 1. The van der Waals surface area contributed by atoms with Crippen LogP contribution in [-0.2, 0) is 4.79 Å². The first kappa shape index (κ1) is 15.8. The fraction of sp³-hybridized carbons (Fsp3) is 0.692. The van der Waals surface area contributed by atoms with E-state index < -0.39 is 0 Å². The molecule has 0 aromatic carbocycles. The Morgan fingerprint density at radius 1 is 1.38 bits per heavy atom. The van der Waals surface area contributed by atoms with Gasteiger partial charge in [-0.2, -0.15) is 15.0 Å². The Morgan fingerprint density at radius 2 is 2.19 bits per heavy atom. The van der Waals surface area contributed by atoms with Crippen molar-refractivity contribution >= 4 is 29.4 Å². The van der Waals surface area contributed by atoms with Crippen LogP contribution in [0.1, 0.15) is 32.6 Å². The monoisotopic (exact) mass is 312 g/mol. The van der Waals surface area contributed by atoms with Crippen molar-refractivity contribution in [2.75, 3.05) is 30.4 Å². The third-order valence-corrected chi connectivity index (χ3v) is 3.61. The minimum Gasteiger partial charge on any atom is -0.357 e. The zero-order valence-electron chi connectivity index (χ0n) is 12.4. The van der Waals surface area contributed by atoms with Gasteiger partial charge < -0.3 is 15.5 Å². The van der Waals surface area contributed by atoms with Gasteiger partial charge in [-0.3, -0.25) is 4.79 Å². The zero-order valence-corrected chi connectivity index (χ0v) is 13.2. The maximum Gasteiger partial charge on any atom is 0.242 e. The summed E-state index contributed by atoms with van der Waals surface area (Å²) in [5.41, 5.74) is 0. The lowest BCUT2D eigenvalue weighted by molar-refractivity contribution is -0.122. The van der Waals surface area contributed by atoms with E-state index in [0.717, 1.165) is 38.8 Å². The molecule has 21 heavy (non-hydrogen) atoms. The molecule has 0 spiro atoms. The van der Waals surface area contributed by atoms with Crippen molar-refractivity contribution in [3.8, 4) is 0 Å². The number of nitrogens with zero attached hydrogens (tertiary/aromatic N) is 4. The Balaban J connectivity index is 2.25. The van der Waals surface area contributed by atoms with Crippen LogP contribution in [0.15, 0.2) is 0 Å². The molecule has 1 aromatic heterocycles. The van der Waals surface area contributed by atoms with Crippen molar-refractivity contribution in [1.29, 1.82) is 0 Å². The van der Waals surface area contributed by atoms with E-state index in [1.807, 2.05) is 4.90 Å².